The average molecular weight is 1300 g/mol. The molecule has 102 heavy (non-hydrogen) atoms. The van der Waals surface area contributed by atoms with Gasteiger partial charge >= 0.3 is 0 Å². The first-order chi connectivity index (χ1) is 50.1. The van der Waals surface area contributed by atoms with E-state index in [-0.39, 0.29) is 10.8 Å². The lowest BCUT2D eigenvalue weighted by molar-refractivity contribution is 0.661. The summed E-state index contributed by atoms with van der Waals surface area (Å²) in [5.41, 5.74) is 30.8. The molecule has 18 aromatic rings. The maximum absolute atomic E-state index is 2.48. The molecule has 0 spiro atoms. The van der Waals surface area contributed by atoms with E-state index in [9.17, 15) is 0 Å². The molecule has 20 rings (SSSR count). The zero-order valence-corrected chi connectivity index (χ0v) is 57.6. The molecule has 0 nitrogen and oxygen atoms in total. The first-order valence-corrected chi connectivity index (χ1v) is 35.9. The maximum Gasteiger partial charge on any atom is 0.0165 e. The average Bonchev–Trinajstić information content (AvgIpc) is 1.45. The van der Waals surface area contributed by atoms with E-state index in [1.807, 2.05) is 0 Å². The van der Waals surface area contributed by atoms with Crippen LogP contribution in [-0.2, 0) is 10.8 Å². The fourth-order valence-electron chi connectivity index (χ4n) is 17.7. The van der Waals surface area contributed by atoms with Gasteiger partial charge in [-0.1, -0.05) is 343 Å². The van der Waals surface area contributed by atoms with Crippen molar-refractivity contribution in [1.29, 1.82) is 0 Å². The Hall–Kier alpha value is -12.5. The summed E-state index contributed by atoms with van der Waals surface area (Å²) < 4.78 is 0. The minimum absolute atomic E-state index is 0.0680. The molecule has 0 heteroatoms. The highest BCUT2D eigenvalue weighted by molar-refractivity contribution is 6.24. The molecular weight excluding hydrogens is 1230 g/mol. The van der Waals surface area contributed by atoms with Gasteiger partial charge in [-0.3, -0.25) is 0 Å². The van der Waals surface area contributed by atoms with Crippen LogP contribution in [0.25, 0.3) is 176 Å². The third-order valence-corrected chi connectivity index (χ3v) is 22.4. The van der Waals surface area contributed by atoms with E-state index in [1.54, 1.807) is 0 Å². The maximum atomic E-state index is 2.48. The van der Waals surface area contributed by atoms with E-state index >= 15 is 0 Å². The summed E-state index contributed by atoms with van der Waals surface area (Å²) in [5.74, 6) is 0. The summed E-state index contributed by atoms with van der Waals surface area (Å²) in [6.07, 6.45) is 0. The lowest BCUT2D eigenvalue weighted by Gasteiger charge is -2.23. The van der Waals surface area contributed by atoms with E-state index in [1.165, 1.54) is 198 Å². The Kier molecular flexibility index (Phi) is 14.4. The van der Waals surface area contributed by atoms with Crippen molar-refractivity contribution in [2.24, 2.45) is 0 Å². The van der Waals surface area contributed by atoms with Crippen molar-refractivity contribution in [3.8, 4) is 111 Å². The van der Waals surface area contributed by atoms with E-state index in [4.69, 9.17) is 0 Å². The third kappa shape index (κ3) is 9.88. The van der Waals surface area contributed by atoms with Crippen molar-refractivity contribution >= 4 is 64.6 Å². The van der Waals surface area contributed by atoms with E-state index in [0.29, 0.717) is 0 Å². The quantitative estimate of drug-likeness (QED) is 0.133. The number of fused-ring (bicyclic) bond motifs is 14. The highest BCUT2D eigenvalue weighted by atomic mass is 14.4. The smallest absolute Gasteiger partial charge is 0.0165 e. The van der Waals surface area contributed by atoms with Gasteiger partial charge in [0.15, 0.2) is 0 Å². The third-order valence-electron chi connectivity index (χ3n) is 22.4. The van der Waals surface area contributed by atoms with Crippen LogP contribution in [-0.4, -0.2) is 0 Å². The van der Waals surface area contributed by atoms with Crippen LogP contribution in [0.2, 0.25) is 0 Å². The predicted octanol–water partition coefficient (Wildman–Crippen LogP) is 28.2. The van der Waals surface area contributed by atoms with E-state index < -0.39 is 0 Å². The first kappa shape index (κ1) is 60.7. The van der Waals surface area contributed by atoms with Gasteiger partial charge in [-0.15, -0.1) is 0 Å². The molecule has 0 aromatic heterocycles. The van der Waals surface area contributed by atoms with Crippen molar-refractivity contribution in [3.05, 3.63) is 386 Å². The van der Waals surface area contributed by atoms with Crippen molar-refractivity contribution < 1.29 is 0 Å². The summed E-state index contributed by atoms with van der Waals surface area (Å²) in [6.45, 7) is 9.52. The number of rotatable bonds is 8. The molecule has 0 bridgehead atoms. The van der Waals surface area contributed by atoms with Crippen LogP contribution in [0.1, 0.15) is 49.9 Å². The molecule has 0 aliphatic heterocycles. The highest BCUT2D eigenvalue weighted by Gasteiger charge is 2.39. The van der Waals surface area contributed by atoms with Crippen molar-refractivity contribution in [2.45, 2.75) is 38.5 Å². The first-order valence-electron chi connectivity index (χ1n) is 35.9. The minimum atomic E-state index is -0.0850. The molecule has 18 aromatic carbocycles. The van der Waals surface area contributed by atoms with Crippen LogP contribution in [0.15, 0.2) is 364 Å². The molecule has 0 amide bonds. The van der Waals surface area contributed by atoms with Crippen molar-refractivity contribution in [3.63, 3.8) is 0 Å². The van der Waals surface area contributed by atoms with Gasteiger partial charge in [0.2, 0.25) is 0 Å². The van der Waals surface area contributed by atoms with E-state index in [2.05, 4.69) is 392 Å². The summed E-state index contributed by atoms with van der Waals surface area (Å²) in [6, 6.07) is 135. The zero-order chi connectivity index (χ0) is 68.2. The van der Waals surface area contributed by atoms with Crippen LogP contribution in [0.4, 0.5) is 0 Å². The Bertz CT molecular complexity index is 6160. The number of benzene rings is 18. The molecule has 0 saturated carbocycles. The Labute approximate surface area is 596 Å². The monoisotopic (exact) mass is 1300 g/mol. The summed E-state index contributed by atoms with van der Waals surface area (Å²) in [4.78, 5) is 0. The van der Waals surface area contributed by atoms with Gasteiger partial charge in [0.25, 0.3) is 0 Å². The van der Waals surface area contributed by atoms with Gasteiger partial charge in [0.1, 0.15) is 0 Å². The molecular formula is C102H72. The molecule has 0 radical (unpaired) electrons. The van der Waals surface area contributed by atoms with E-state index in [0.717, 1.165) is 0 Å². The summed E-state index contributed by atoms with van der Waals surface area (Å²) >= 11 is 0. The Balaban J connectivity index is 0.000000141. The number of hydrogen-bond acceptors (Lipinski definition) is 0. The van der Waals surface area contributed by atoms with Gasteiger partial charge in [0.05, 0.1) is 0 Å². The summed E-state index contributed by atoms with van der Waals surface area (Å²) in [7, 11) is 0. The predicted molar refractivity (Wildman–Crippen MR) is 437 cm³/mol. The van der Waals surface area contributed by atoms with Crippen LogP contribution in [0, 0.1) is 0 Å². The molecule has 0 unspecified atom stereocenters. The van der Waals surface area contributed by atoms with Crippen LogP contribution >= 0.6 is 0 Å². The molecule has 0 saturated heterocycles. The van der Waals surface area contributed by atoms with Gasteiger partial charge in [-0.05, 0) is 247 Å². The molecule has 0 heterocycles. The fourth-order valence-corrected chi connectivity index (χ4v) is 17.7. The molecule has 480 valence electrons. The Morgan fingerprint density at radius 2 is 0.441 bits per heavy atom. The fraction of sp³-hybridized carbons (Fsp3) is 0.0588. The van der Waals surface area contributed by atoms with Gasteiger partial charge in [0, 0.05) is 10.8 Å². The standard InChI is InChI=1S/2C51H36/c1-51(2)46-27-26-36(32-45(46)50-40-20-10-9-19-35(40)25-28-47(50)51)48-41-21-11-13-23-43(41)49(44-24-14-12-22-42(44)48)39-30-37(33-15-5-3-6-16-33)29-38(31-39)34-17-7-4-8-18-34;1-51(2)47-28-26-36(32-46(47)45-27-25-35-19-9-10-20-40(35)50(45)51)48-41-21-11-13-23-43(41)49(44-24-14-12-22-42(44)48)39-30-37(33-15-5-3-6-16-33)29-38(31-39)34-17-7-4-8-18-34/h2*3-32H,1-2H3. The minimum Gasteiger partial charge on any atom is -0.0622 e. The Morgan fingerprint density at radius 3 is 0.833 bits per heavy atom. The second kappa shape index (κ2) is 24.2. The Morgan fingerprint density at radius 1 is 0.157 bits per heavy atom. The van der Waals surface area contributed by atoms with Gasteiger partial charge in [-0.25, -0.2) is 0 Å². The second-order valence-corrected chi connectivity index (χ2v) is 28.9. The second-order valence-electron chi connectivity index (χ2n) is 28.9. The summed E-state index contributed by atoms with van der Waals surface area (Å²) in [5, 5.41) is 15.4. The van der Waals surface area contributed by atoms with Crippen LogP contribution in [0.5, 0.6) is 0 Å². The number of hydrogen-bond donors (Lipinski definition) is 0. The molecule has 2 aliphatic carbocycles. The molecule has 0 atom stereocenters. The molecule has 2 aliphatic rings. The zero-order valence-electron chi connectivity index (χ0n) is 57.6. The highest BCUT2D eigenvalue weighted by Crippen LogP contribution is 2.56. The lowest BCUT2D eigenvalue weighted by atomic mass is 9.79. The van der Waals surface area contributed by atoms with Gasteiger partial charge in [-0.2, -0.15) is 0 Å². The molecule has 0 fully saturated rings. The SMILES string of the molecule is CC1(C)c2ccc(-c3c4ccccc4c(-c4cc(-c5ccccc5)cc(-c5ccccc5)c4)c4ccccc34)cc2-c2c1ccc1ccccc21.CC1(C)c2ccc(-c3c4ccccc4c(-c4cc(-c5ccccc5)cc(-c5ccccc5)c4)c4ccccc34)cc2-c2ccc3ccccc3c21. The van der Waals surface area contributed by atoms with Crippen LogP contribution in [0.3, 0.4) is 0 Å². The van der Waals surface area contributed by atoms with Crippen LogP contribution < -0.4 is 0 Å². The topological polar surface area (TPSA) is 0 Å². The van der Waals surface area contributed by atoms with Crippen molar-refractivity contribution in [1.82, 2.24) is 0 Å². The largest absolute Gasteiger partial charge is 0.0622 e. The lowest BCUT2D eigenvalue weighted by Crippen LogP contribution is -2.15. The van der Waals surface area contributed by atoms with Gasteiger partial charge < -0.3 is 0 Å². The van der Waals surface area contributed by atoms with Crippen molar-refractivity contribution in [2.75, 3.05) is 0 Å². The normalized spacial score (nSPS) is 13.1. The molecule has 0 N–H and O–H groups in total.